The van der Waals surface area contributed by atoms with E-state index < -0.39 is 15.9 Å². The molecule has 37 heavy (non-hydrogen) atoms. The molecule has 0 saturated heterocycles. The Balaban J connectivity index is 2.13. The molecule has 1 N–H and O–H groups in total. The van der Waals surface area contributed by atoms with Crippen molar-refractivity contribution in [2.24, 2.45) is 0 Å². The van der Waals surface area contributed by atoms with Gasteiger partial charge in [0.1, 0.15) is 5.75 Å². The Morgan fingerprint density at radius 2 is 1.78 bits per heavy atom. The van der Waals surface area contributed by atoms with Crippen LogP contribution in [0.3, 0.4) is 0 Å². The lowest BCUT2D eigenvalue weighted by Crippen LogP contribution is -2.30. The van der Waals surface area contributed by atoms with Crippen molar-refractivity contribution in [2.45, 2.75) is 52.4 Å². The van der Waals surface area contributed by atoms with Crippen molar-refractivity contribution in [2.75, 3.05) is 18.4 Å². The molecule has 198 valence electrons. The first-order valence-electron chi connectivity index (χ1n) is 11.9. The van der Waals surface area contributed by atoms with Gasteiger partial charge in [0.15, 0.2) is 5.75 Å². The van der Waals surface area contributed by atoms with Gasteiger partial charge in [-0.25, -0.2) is 8.42 Å². The highest BCUT2D eigenvalue weighted by Crippen LogP contribution is 2.37. The third-order valence-corrected chi connectivity index (χ3v) is 9.57. The minimum absolute atomic E-state index is 0.0430. The second kappa shape index (κ2) is 11.9. The van der Waals surface area contributed by atoms with Crippen LogP contribution in [-0.2, 0) is 10.0 Å². The van der Waals surface area contributed by atoms with E-state index in [0.717, 1.165) is 11.1 Å². The molecule has 0 bridgehead atoms. The topological polar surface area (TPSA) is 88.6 Å². The van der Waals surface area contributed by atoms with Crippen LogP contribution in [0.4, 0.5) is 5.69 Å². The number of aromatic nitrogens is 1. The zero-order chi connectivity index (χ0) is 27.5. The number of nitrogens with zero attached hydrogens (tertiary/aromatic N) is 2. The van der Waals surface area contributed by atoms with Crippen LogP contribution in [0.2, 0.25) is 5.02 Å². The molecule has 0 unspecified atom stereocenters. The van der Waals surface area contributed by atoms with Gasteiger partial charge in [-0.15, -0.1) is 0 Å². The normalized spacial score (nSPS) is 11.7. The quantitative estimate of drug-likeness (QED) is 0.275. The van der Waals surface area contributed by atoms with Crippen molar-refractivity contribution in [1.82, 2.24) is 9.29 Å². The molecule has 0 atom stereocenters. The Morgan fingerprint density at radius 1 is 1.11 bits per heavy atom. The van der Waals surface area contributed by atoms with E-state index in [4.69, 9.17) is 16.3 Å². The van der Waals surface area contributed by atoms with E-state index >= 15 is 0 Å². The largest absolute Gasteiger partial charge is 0.455 e. The number of anilines is 1. The summed E-state index contributed by atoms with van der Waals surface area (Å²) in [5.74, 6) is 0.566. The van der Waals surface area contributed by atoms with Crippen molar-refractivity contribution < 1.29 is 17.9 Å². The Hall–Kier alpha value is -2.46. The fourth-order valence-corrected chi connectivity index (χ4v) is 5.87. The maximum Gasteiger partial charge on any atom is 0.258 e. The predicted molar refractivity (Wildman–Crippen MR) is 152 cm³/mol. The van der Waals surface area contributed by atoms with Crippen molar-refractivity contribution in [3.63, 3.8) is 0 Å². The minimum Gasteiger partial charge on any atom is -0.455 e. The van der Waals surface area contributed by atoms with Crippen LogP contribution >= 0.6 is 27.5 Å². The first kappa shape index (κ1) is 29.1. The summed E-state index contributed by atoms with van der Waals surface area (Å²) in [6.07, 6.45) is 1.38. The van der Waals surface area contributed by atoms with Gasteiger partial charge >= 0.3 is 0 Å². The molecule has 0 aliphatic heterocycles. The summed E-state index contributed by atoms with van der Waals surface area (Å²) < 4.78 is 34.6. The molecular weight excluding hydrogens is 578 g/mol. The number of pyridine rings is 1. The number of hydrogen-bond donors (Lipinski definition) is 1. The summed E-state index contributed by atoms with van der Waals surface area (Å²) in [5.41, 5.74) is 2.96. The Bertz CT molecular complexity index is 1420. The van der Waals surface area contributed by atoms with Crippen LogP contribution in [-0.4, -0.2) is 36.7 Å². The number of ether oxygens (including phenoxy) is 1. The molecule has 0 aliphatic rings. The van der Waals surface area contributed by atoms with Gasteiger partial charge in [-0.3, -0.25) is 9.78 Å². The van der Waals surface area contributed by atoms with Gasteiger partial charge in [-0.1, -0.05) is 51.4 Å². The van der Waals surface area contributed by atoms with Gasteiger partial charge in [-0.2, -0.15) is 4.31 Å². The van der Waals surface area contributed by atoms with Crippen LogP contribution in [0.1, 0.15) is 60.8 Å². The third kappa shape index (κ3) is 6.34. The predicted octanol–water partition coefficient (Wildman–Crippen LogP) is 7.31. The lowest BCUT2D eigenvalue weighted by molar-refractivity contribution is 0.102. The second-order valence-corrected chi connectivity index (χ2v) is 12.0. The van der Waals surface area contributed by atoms with E-state index in [0.29, 0.717) is 34.8 Å². The van der Waals surface area contributed by atoms with Crippen LogP contribution in [0.5, 0.6) is 11.5 Å². The number of carbonyl (C=O) groups is 1. The molecule has 3 aromatic rings. The number of halogens is 2. The van der Waals surface area contributed by atoms with Gasteiger partial charge in [0.25, 0.3) is 5.91 Å². The van der Waals surface area contributed by atoms with Crippen LogP contribution < -0.4 is 10.1 Å². The molecule has 10 heteroatoms. The van der Waals surface area contributed by atoms with Crippen molar-refractivity contribution >= 4 is 49.1 Å². The molecule has 0 aliphatic carbocycles. The molecule has 0 radical (unpaired) electrons. The fourth-order valence-electron chi connectivity index (χ4n) is 3.79. The fraction of sp³-hybridized carbons (Fsp3) is 0.333. The van der Waals surface area contributed by atoms with Gasteiger partial charge in [-0.05, 0) is 71.1 Å². The number of rotatable bonds is 9. The zero-order valence-electron chi connectivity index (χ0n) is 21.7. The van der Waals surface area contributed by atoms with Gasteiger partial charge in [0.2, 0.25) is 10.0 Å². The molecule has 1 heterocycles. The van der Waals surface area contributed by atoms with E-state index in [1.807, 2.05) is 25.1 Å². The first-order chi connectivity index (χ1) is 17.4. The molecule has 2 aromatic carbocycles. The summed E-state index contributed by atoms with van der Waals surface area (Å²) in [5, 5.41) is 3.00. The standard InChI is InChI=1S/C27H31BrClN3O4S/c1-7-32(8-2)37(34,35)19-10-12-23(36-24-13-17(5)9-11-20(24)16(3)4)22(14-19)31-27(33)21-15-30-18(6)25(28)26(21)29/h9-16H,7-8H2,1-6H3,(H,31,33). The van der Waals surface area contributed by atoms with Crippen molar-refractivity contribution in [3.8, 4) is 11.5 Å². The Labute approximate surface area is 232 Å². The third-order valence-electron chi connectivity index (χ3n) is 5.93. The SMILES string of the molecule is CCN(CC)S(=O)(=O)c1ccc(Oc2cc(C)ccc2C(C)C)c(NC(=O)c2cnc(C)c(Br)c2Cl)c1. The summed E-state index contributed by atoms with van der Waals surface area (Å²) in [7, 11) is -3.78. The van der Waals surface area contributed by atoms with E-state index in [9.17, 15) is 13.2 Å². The van der Waals surface area contributed by atoms with Crippen LogP contribution in [0.15, 0.2) is 52.0 Å². The molecule has 1 amide bonds. The minimum atomic E-state index is -3.78. The Morgan fingerprint density at radius 3 is 2.41 bits per heavy atom. The molecule has 0 saturated carbocycles. The number of amides is 1. The highest BCUT2D eigenvalue weighted by atomic mass is 79.9. The molecule has 0 spiro atoms. The highest BCUT2D eigenvalue weighted by Gasteiger charge is 2.25. The summed E-state index contributed by atoms with van der Waals surface area (Å²) in [6.45, 7) is 12.0. The lowest BCUT2D eigenvalue weighted by Gasteiger charge is -2.21. The van der Waals surface area contributed by atoms with Gasteiger partial charge in [0.05, 0.1) is 31.3 Å². The number of carbonyl (C=O) groups excluding carboxylic acids is 1. The molecular formula is C27H31BrClN3O4S. The first-order valence-corrected chi connectivity index (χ1v) is 14.6. The molecule has 7 nitrogen and oxygen atoms in total. The molecule has 1 aromatic heterocycles. The van der Waals surface area contributed by atoms with E-state index in [1.54, 1.807) is 26.8 Å². The maximum atomic E-state index is 13.3. The van der Waals surface area contributed by atoms with Gasteiger partial charge < -0.3 is 10.1 Å². The van der Waals surface area contributed by atoms with Crippen LogP contribution in [0.25, 0.3) is 0 Å². The number of hydrogen-bond acceptors (Lipinski definition) is 5. The number of nitrogens with one attached hydrogen (secondary N) is 1. The summed E-state index contributed by atoms with van der Waals surface area (Å²) in [4.78, 5) is 17.5. The molecule has 0 fully saturated rings. The van der Waals surface area contributed by atoms with Crippen molar-refractivity contribution in [3.05, 3.63) is 74.5 Å². The summed E-state index contributed by atoms with van der Waals surface area (Å²) >= 11 is 9.76. The monoisotopic (exact) mass is 607 g/mol. The second-order valence-electron chi connectivity index (χ2n) is 8.88. The number of benzene rings is 2. The van der Waals surface area contributed by atoms with Gasteiger partial charge in [0, 0.05) is 19.3 Å². The number of aryl methyl sites for hydroxylation is 2. The van der Waals surface area contributed by atoms with E-state index in [2.05, 4.69) is 40.1 Å². The zero-order valence-corrected chi connectivity index (χ0v) is 24.9. The maximum absolute atomic E-state index is 13.3. The average molecular weight is 609 g/mol. The average Bonchev–Trinajstić information content (AvgIpc) is 2.84. The van der Waals surface area contributed by atoms with E-state index in [-0.39, 0.29) is 27.1 Å². The highest BCUT2D eigenvalue weighted by molar-refractivity contribution is 9.10. The molecule has 3 rings (SSSR count). The smallest absolute Gasteiger partial charge is 0.258 e. The van der Waals surface area contributed by atoms with Crippen LogP contribution in [0, 0.1) is 13.8 Å². The number of sulfonamides is 1. The lowest BCUT2D eigenvalue weighted by atomic mass is 10.0. The Kier molecular flexibility index (Phi) is 9.39. The van der Waals surface area contributed by atoms with E-state index in [1.165, 1.54) is 22.6 Å². The van der Waals surface area contributed by atoms with Crippen molar-refractivity contribution in [1.29, 1.82) is 0 Å². The summed E-state index contributed by atoms with van der Waals surface area (Å²) in [6, 6.07) is 10.4.